The van der Waals surface area contributed by atoms with Crippen molar-refractivity contribution < 1.29 is 17.6 Å². The van der Waals surface area contributed by atoms with Crippen molar-refractivity contribution >= 4 is 33.2 Å². The molecule has 1 atom stereocenters. The third-order valence-corrected chi connectivity index (χ3v) is 8.83. The van der Waals surface area contributed by atoms with Crippen LogP contribution in [0.1, 0.15) is 30.9 Å². The summed E-state index contributed by atoms with van der Waals surface area (Å²) in [5.41, 5.74) is 1.90. The first kappa shape index (κ1) is 28.1. The van der Waals surface area contributed by atoms with Crippen molar-refractivity contribution in [3.8, 4) is 0 Å². The molecule has 4 rings (SSSR count). The Labute approximate surface area is 229 Å². The van der Waals surface area contributed by atoms with Crippen LogP contribution >= 0.6 is 11.6 Å². The van der Waals surface area contributed by atoms with Gasteiger partial charge in [0.1, 0.15) is 5.82 Å². The van der Waals surface area contributed by atoms with Crippen molar-refractivity contribution in [2.75, 3.05) is 23.9 Å². The molecule has 0 unspecified atom stereocenters. The molecular weight excluding hydrogens is 525 g/mol. The summed E-state index contributed by atoms with van der Waals surface area (Å²) in [5.74, 6) is -0.674. The molecule has 1 N–H and O–H groups in total. The average Bonchev–Trinajstić information content (AvgIpc) is 2.89. The Morgan fingerprint density at radius 3 is 2.37 bits per heavy atom. The Bertz CT molecular complexity index is 1310. The number of rotatable bonds is 10. The molecule has 1 heterocycles. The number of piperidine rings is 1. The molecule has 202 valence electrons. The van der Waals surface area contributed by atoms with Crippen LogP contribution in [0.2, 0.25) is 5.02 Å². The number of anilines is 1. The van der Waals surface area contributed by atoms with Gasteiger partial charge in [-0.3, -0.25) is 14.0 Å². The van der Waals surface area contributed by atoms with E-state index in [1.165, 1.54) is 22.5 Å². The van der Waals surface area contributed by atoms with E-state index >= 15 is 0 Å². The number of nitrogens with zero attached hydrogens (tertiary/aromatic N) is 2. The Morgan fingerprint density at radius 1 is 1.03 bits per heavy atom. The molecule has 3 aromatic rings. The van der Waals surface area contributed by atoms with E-state index in [1.807, 2.05) is 25.1 Å². The van der Waals surface area contributed by atoms with Gasteiger partial charge in [0.15, 0.2) is 0 Å². The summed E-state index contributed by atoms with van der Waals surface area (Å²) < 4.78 is 42.4. The largest absolute Gasteiger partial charge is 0.353 e. The number of carbonyl (C=O) groups excluding carboxylic acids is 1. The number of hydrogen-bond acceptors (Lipinski definition) is 4. The maximum atomic E-state index is 14.1. The molecule has 1 aliphatic rings. The van der Waals surface area contributed by atoms with Crippen LogP contribution in [0.15, 0.2) is 78.9 Å². The molecule has 1 amide bonds. The first-order valence-corrected chi connectivity index (χ1v) is 14.8. The fraction of sp³-hybridized carbons (Fsp3) is 0.345. The fourth-order valence-corrected chi connectivity index (χ4v) is 6.55. The molecular formula is C29H33ClFN3O3S. The molecule has 9 heteroatoms. The first-order valence-electron chi connectivity index (χ1n) is 12.8. The minimum absolute atomic E-state index is 0.0249. The zero-order chi connectivity index (χ0) is 27.1. The summed E-state index contributed by atoms with van der Waals surface area (Å²) >= 11 is 5.92. The second kappa shape index (κ2) is 12.7. The van der Waals surface area contributed by atoms with E-state index < -0.39 is 15.8 Å². The minimum Gasteiger partial charge on any atom is -0.353 e. The minimum atomic E-state index is -3.76. The summed E-state index contributed by atoms with van der Waals surface area (Å²) in [7, 11) is -3.76. The number of amides is 1. The predicted molar refractivity (Wildman–Crippen MR) is 150 cm³/mol. The van der Waals surface area contributed by atoms with Crippen LogP contribution in [0.25, 0.3) is 0 Å². The first-order chi connectivity index (χ1) is 18.2. The van der Waals surface area contributed by atoms with Gasteiger partial charge < -0.3 is 5.32 Å². The summed E-state index contributed by atoms with van der Waals surface area (Å²) in [6, 6.07) is 21.9. The summed E-state index contributed by atoms with van der Waals surface area (Å²) in [4.78, 5) is 14.7. The smallest absolute Gasteiger partial charge is 0.239 e. The van der Waals surface area contributed by atoms with E-state index in [2.05, 4.69) is 10.2 Å². The van der Waals surface area contributed by atoms with Crippen LogP contribution < -0.4 is 9.62 Å². The topological polar surface area (TPSA) is 69.7 Å². The molecule has 0 bridgehead atoms. The van der Waals surface area contributed by atoms with Crippen molar-refractivity contribution in [1.82, 2.24) is 10.2 Å². The van der Waals surface area contributed by atoms with E-state index in [1.54, 1.807) is 42.5 Å². The van der Waals surface area contributed by atoms with Crippen LogP contribution in [0.3, 0.4) is 0 Å². The van der Waals surface area contributed by atoms with Gasteiger partial charge in [-0.05, 0) is 61.2 Å². The Morgan fingerprint density at radius 2 is 1.71 bits per heavy atom. The zero-order valence-corrected chi connectivity index (χ0v) is 23.0. The molecule has 38 heavy (non-hydrogen) atoms. The Kier molecular flexibility index (Phi) is 9.41. The number of benzene rings is 3. The molecule has 0 spiro atoms. The van der Waals surface area contributed by atoms with Crippen molar-refractivity contribution in [2.45, 2.75) is 44.0 Å². The summed E-state index contributed by atoms with van der Waals surface area (Å²) in [5, 5.41) is 3.76. The van der Waals surface area contributed by atoms with Gasteiger partial charge in [0.25, 0.3) is 0 Å². The van der Waals surface area contributed by atoms with E-state index in [4.69, 9.17) is 11.6 Å². The Balaban J connectivity index is 1.37. The number of likely N-dealkylation sites (tertiary alicyclic amines) is 1. The van der Waals surface area contributed by atoms with Gasteiger partial charge in [-0.1, -0.05) is 60.1 Å². The standard InChI is InChI=1S/C29H33ClFN3O3S/c1-22(33-16-14-27(15-17-33)32-29(35)18-23-10-12-25(30)13-11-23)20-34(28-9-5-8-26(31)19-28)38(36,37)21-24-6-3-2-4-7-24/h2-13,19,22,27H,14-18,20-21H2,1H3,(H,32,35)/t22-/m1/s1. The van der Waals surface area contributed by atoms with Crippen LogP contribution in [-0.4, -0.2) is 50.9 Å². The number of hydrogen-bond donors (Lipinski definition) is 1. The molecule has 3 aromatic carbocycles. The molecule has 0 aromatic heterocycles. The van der Waals surface area contributed by atoms with Gasteiger partial charge in [0.05, 0.1) is 17.9 Å². The lowest BCUT2D eigenvalue weighted by Crippen LogP contribution is -2.51. The van der Waals surface area contributed by atoms with Gasteiger partial charge in [0, 0.05) is 36.7 Å². The Hall–Kier alpha value is -2.94. The maximum Gasteiger partial charge on any atom is 0.239 e. The van der Waals surface area contributed by atoms with Crippen molar-refractivity contribution in [1.29, 1.82) is 0 Å². The zero-order valence-electron chi connectivity index (χ0n) is 21.4. The fourth-order valence-electron chi connectivity index (χ4n) is 4.78. The molecule has 0 aliphatic carbocycles. The number of nitrogens with one attached hydrogen (secondary N) is 1. The second-order valence-corrected chi connectivity index (χ2v) is 12.1. The monoisotopic (exact) mass is 557 g/mol. The van der Waals surface area contributed by atoms with Crippen LogP contribution in [0, 0.1) is 5.82 Å². The van der Waals surface area contributed by atoms with E-state index in [0.29, 0.717) is 22.7 Å². The van der Waals surface area contributed by atoms with Crippen LogP contribution in [0.5, 0.6) is 0 Å². The van der Waals surface area contributed by atoms with Gasteiger partial charge in [-0.2, -0.15) is 0 Å². The van der Waals surface area contributed by atoms with Crippen LogP contribution in [0.4, 0.5) is 10.1 Å². The molecule has 1 fully saturated rings. The van der Waals surface area contributed by atoms with Gasteiger partial charge in [0.2, 0.25) is 15.9 Å². The number of sulfonamides is 1. The number of carbonyl (C=O) groups is 1. The van der Waals surface area contributed by atoms with Gasteiger partial charge in [-0.25, -0.2) is 12.8 Å². The third kappa shape index (κ3) is 7.79. The molecule has 0 radical (unpaired) electrons. The molecule has 1 aliphatic heterocycles. The SMILES string of the molecule is C[C@H](CN(c1cccc(F)c1)S(=O)(=O)Cc1ccccc1)N1CCC(NC(=O)Cc2ccc(Cl)cc2)CC1. The highest BCUT2D eigenvalue weighted by molar-refractivity contribution is 7.92. The van der Waals surface area contributed by atoms with E-state index in [-0.39, 0.29) is 30.3 Å². The highest BCUT2D eigenvalue weighted by Gasteiger charge is 2.29. The highest BCUT2D eigenvalue weighted by Crippen LogP contribution is 2.24. The normalized spacial score (nSPS) is 15.7. The van der Waals surface area contributed by atoms with Gasteiger partial charge in [-0.15, -0.1) is 0 Å². The molecule has 6 nitrogen and oxygen atoms in total. The quantitative estimate of drug-likeness (QED) is 0.380. The predicted octanol–water partition coefficient (Wildman–Crippen LogP) is 5.03. The summed E-state index contributed by atoms with van der Waals surface area (Å²) in [6.07, 6.45) is 1.84. The molecule has 1 saturated heterocycles. The number of halogens is 2. The van der Waals surface area contributed by atoms with Crippen molar-refractivity contribution in [3.63, 3.8) is 0 Å². The maximum absolute atomic E-state index is 14.1. The lowest BCUT2D eigenvalue weighted by Gasteiger charge is -2.38. The average molecular weight is 558 g/mol. The van der Waals surface area contributed by atoms with Gasteiger partial charge >= 0.3 is 0 Å². The van der Waals surface area contributed by atoms with E-state index in [9.17, 15) is 17.6 Å². The molecule has 0 saturated carbocycles. The lowest BCUT2D eigenvalue weighted by molar-refractivity contribution is -0.121. The second-order valence-electron chi connectivity index (χ2n) is 9.78. The van der Waals surface area contributed by atoms with Crippen LogP contribution in [-0.2, 0) is 27.0 Å². The third-order valence-electron chi connectivity index (χ3n) is 6.85. The van der Waals surface area contributed by atoms with E-state index in [0.717, 1.165) is 31.5 Å². The van der Waals surface area contributed by atoms with Crippen molar-refractivity contribution in [3.05, 3.63) is 101 Å². The lowest BCUT2D eigenvalue weighted by atomic mass is 10.0. The highest BCUT2D eigenvalue weighted by atomic mass is 35.5. The van der Waals surface area contributed by atoms with Crippen molar-refractivity contribution in [2.24, 2.45) is 0 Å². The summed E-state index contributed by atoms with van der Waals surface area (Å²) in [6.45, 7) is 3.64.